The quantitative estimate of drug-likeness (QED) is 0.127. The number of fused-ring (bicyclic) bond motifs is 29. The van der Waals surface area contributed by atoms with Gasteiger partial charge in [0.25, 0.3) is 0 Å². The van der Waals surface area contributed by atoms with Crippen molar-refractivity contribution in [3.05, 3.63) is 376 Å². The van der Waals surface area contributed by atoms with Crippen LogP contribution >= 0.6 is 22.7 Å². The van der Waals surface area contributed by atoms with Crippen LogP contribution in [0.5, 0.6) is 0 Å². The Morgan fingerprint density at radius 2 is 0.532 bits per heavy atom. The molecular formula is C114H62N8S2. The van der Waals surface area contributed by atoms with E-state index in [2.05, 4.69) is 394 Å². The molecule has 0 bridgehead atoms. The van der Waals surface area contributed by atoms with Crippen LogP contribution in [-0.2, 0) is 0 Å². The van der Waals surface area contributed by atoms with E-state index in [9.17, 15) is 0 Å². The van der Waals surface area contributed by atoms with E-state index < -0.39 is 0 Å². The fraction of sp³-hybridized carbons (Fsp3) is 0. The summed E-state index contributed by atoms with van der Waals surface area (Å²) in [5.41, 5.74) is 13.9. The summed E-state index contributed by atoms with van der Waals surface area (Å²) in [6, 6.07) is 138. The number of benzene rings is 22. The molecule has 0 fully saturated rings. The summed E-state index contributed by atoms with van der Waals surface area (Å²) >= 11 is 3.78. The first kappa shape index (κ1) is 66.9. The monoisotopic (exact) mass is 1610 g/mol. The molecule has 10 heteroatoms. The Morgan fingerprint density at radius 1 is 0.177 bits per heavy atom. The van der Waals surface area contributed by atoms with Crippen molar-refractivity contribution < 1.29 is 0 Å². The van der Waals surface area contributed by atoms with E-state index in [-0.39, 0.29) is 0 Å². The average Bonchev–Trinajstić information content (AvgIpc) is 1.42. The van der Waals surface area contributed by atoms with E-state index in [1.54, 1.807) is 0 Å². The summed E-state index contributed by atoms with van der Waals surface area (Å²) < 4.78 is 14.7. The molecule has 0 saturated heterocycles. The third-order valence-electron chi connectivity index (χ3n) is 27.1. The number of para-hydroxylation sites is 7. The molecule has 0 atom stereocenters. The van der Waals surface area contributed by atoms with Crippen LogP contribution in [0.25, 0.3) is 281 Å². The molecule has 0 aliphatic carbocycles. The molecule has 0 saturated carbocycles. The van der Waals surface area contributed by atoms with Gasteiger partial charge in [-0.1, -0.05) is 273 Å². The molecule has 22 aromatic carbocycles. The smallest absolute Gasteiger partial charge is 0.237 e. The zero-order valence-corrected chi connectivity index (χ0v) is 67.8. The average molecular weight is 1610 g/mol. The molecule has 0 aliphatic heterocycles. The topological polar surface area (TPSA) is 71.3 Å². The number of hydrogen-bond donors (Lipinski definition) is 0. The first-order valence-corrected chi connectivity index (χ1v) is 44.0. The largest absolute Gasteiger partial charge is 0.309 e. The normalized spacial score (nSPS) is 12.5. The molecule has 0 spiro atoms. The van der Waals surface area contributed by atoms with E-state index in [1.165, 1.54) is 192 Å². The van der Waals surface area contributed by atoms with Gasteiger partial charge in [0.2, 0.25) is 11.9 Å². The van der Waals surface area contributed by atoms with Crippen molar-refractivity contribution in [1.82, 2.24) is 38.2 Å². The summed E-state index contributed by atoms with van der Waals surface area (Å²) in [5.74, 6) is 2.18. The summed E-state index contributed by atoms with van der Waals surface area (Å²) in [4.78, 5) is 22.1. The van der Waals surface area contributed by atoms with Gasteiger partial charge in [0.05, 0.1) is 66.5 Å². The minimum atomic E-state index is 0.654. The summed E-state index contributed by atoms with van der Waals surface area (Å²) in [6.07, 6.45) is 0. The fourth-order valence-corrected chi connectivity index (χ4v) is 24.4. The predicted octanol–water partition coefficient (Wildman–Crippen LogP) is 31.3. The van der Waals surface area contributed by atoms with E-state index in [1.807, 2.05) is 22.7 Å². The summed E-state index contributed by atoms with van der Waals surface area (Å²) in [6.45, 7) is 0. The van der Waals surface area contributed by atoms with Gasteiger partial charge in [-0.05, 0) is 195 Å². The Balaban J connectivity index is 0.000000126. The van der Waals surface area contributed by atoms with Gasteiger partial charge in [-0.2, -0.15) is 4.98 Å². The van der Waals surface area contributed by atoms with Crippen molar-refractivity contribution >= 4 is 269 Å². The summed E-state index contributed by atoms with van der Waals surface area (Å²) in [7, 11) is 0. The Labute approximate surface area is 712 Å². The number of aromatic nitrogens is 8. The van der Waals surface area contributed by atoms with Gasteiger partial charge in [0.1, 0.15) is 0 Å². The maximum absolute atomic E-state index is 5.66. The van der Waals surface area contributed by atoms with E-state index in [0.717, 1.165) is 77.5 Å². The highest BCUT2D eigenvalue weighted by Gasteiger charge is 2.29. The second kappa shape index (κ2) is 24.8. The lowest BCUT2D eigenvalue weighted by atomic mass is 9.87. The number of hydrogen-bond acceptors (Lipinski definition) is 6. The Bertz CT molecular complexity index is 9950. The first-order valence-electron chi connectivity index (χ1n) is 42.3. The van der Waals surface area contributed by atoms with Gasteiger partial charge in [-0.15, -0.1) is 22.7 Å². The van der Waals surface area contributed by atoms with Gasteiger partial charge in [0, 0.05) is 105 Å². The molecule has 8 heterocycles. The first-order chi connectivity index (χ1) is 61.5. The standard InChI is InChI=1S/C62H34N4S.C52H28N4S/c1-2-16-37-35(14-1)15-11-28-50(37)65-51-26-8-4-17-38(51)46-32-36(30-31-53(46)65)61-41-18-3-7-25-49(41)63-62(64-61)66-52-27-9-5-19-42(52)59-44-23-12-21-39-40-22-13-24-45-58(40)48(47(57(39)44)33-54(59)66)34-56-60(45)43-20-6-10-29-55(43)67-56;1-6-22-40-33(15-1)51(55-41-23-7-2-13-29(41)30-14-3-8-24-42(30)55)54-52(53-40)56-43-25-9-4-16-34(43)49-36-20-11-18-31-32-19-12-21-37-48(32)39(38(47(31)36)27-44(49)56)28-46-50(37)35-17-5-10-26-45(35)57-46/h1-34H;1-28H. The number of nitrogens with zero attached hydrogens (tertiary/aromatic N) is 8. The lowest BCUT2D eigenvalue weighted by Gasteiger charge is -2.17. The van der Waals surface area contributed by atoms with E-state index in [0.29, 0.717) is 11.9 Å². The van der Waals surface area contributed by atoms with Crippen molar-refractivity contribution in [2.45, 2.75) is 0 Å². The molecule has 570 valence electrons. The molecule has 8 nitrogen and oxygen atoms in total. The summed E-state index contributed by atoms with van der Waals surface area (Å²) in [5, 5.41) is 40.0. The van der Waals surface area contributed by atoms with Gasteiger partial charge < -0.3 is 4.57 Å². The highest BCUT2D eigenvalue weighted by molar-refractivity contribution is 7.26. The van der Waals surface area contributed by atoms with Crippen LogP contribution in [0.1, 0.15) is 0 Å². The van der Waals surface area contributed by atoms with Crippen molar-refractivity contribution in [2.75, 3.05) is 0 Å². The second-order valence-corrected chi connectivity index (χ2v) is 35.4. The molecule has 0 aliphatic rings. The van der Waals surface area contributed by atoms with Crippen LogP contribution in [-0.4, -0.2) is 38.2 Å². The minimum Gasteiger partial charge on any atom is -0.309 e. The SMILES string of the molecule is c1ccc2c(-n3c4ccccc4c4cc(-c5nc(-n6c7ccccc7c7c8cccc9c%10cccc%11c%12c(cc(c(cc76)c98)c%10%11)sc6ccccc6%12)nc6ccccc56)ccc43)cccc2c1.c1ccc2c(-n3c4ccccc4c4ccccc43)nc(-n3c4ccccc4c4c5cccc6c7cccc8c9c(cc(c(cc43)c65)c78)sc3ccccc39)nc2c1. The van der Waals surface area contributed by atoms with E-state index in [4.69, 9.17) is 19.9 Å². The molecule has 124 heavy (non-hydrogen) atoms. The van der Waals surface area contributed by atoms with Gasteiger partial charge >= 0.3 is 0 Å². The maximum Gasteiger partial charge on any atom is 0.237 e. The molecule has 0 radical (unpaired) electrons. The van der Waals surface area contributed by atoms with Gasteiger partial charge in [-0.25, -0.2) is 15.0 Å². The third-order valence-corrected chi connectivity index (χ3v) is 29.3. The van der Waals surface area contributed by atoms with Crippen LogP contribution in [0.3, 0.4) is 0 Å². The Morgan fingerprint density at radius 3 is 1.06 bits per heavy atom. The van der Waals surface area contributed by atoms with E-state index >= 15 is 0 Å². The van der Waals surface area contributed by atoms with Crippen molar-refractivity contribution in [3.8, 4) is 34.7 Å². The van der Waals surface area contributed by atoms with Gasteiger partial charge in [-0.3, -0.25) is 13.7 Å². The molecule has 0 amide bonds. The minimum absolute atomic E-state index is 0.654. The third kappa shape index (κ3) is 8.97. The van der Waals surface area contributed by atoms with Crippen LogP contribution < -0.4 is 0 Å². The molecule has 0 N–H and O–H groups in total. The predicted molar refractivity (Wildman–Crippen MR) is 528 cm³/mol. The molecule has 0 unspecified atom stereocenters. The fourth-order valence-electron chi connectivity index (χ4n) is 22.1. The van der Waals surface area contributed by atoms with Crippen molar-refractivity contribution in [3.63, 3.8) is 0 Å². The van der Waals surface area contributed by atoms with Crippen LogP contribution in [0, 0.1) is 0 Å². The molecule has 30 aromatic rings. The van der Waals surface area contributed by atoms with Crippen LogP contribution in [0.4, 0.5) is 0 Å². The van der Waals surface area contributed by atoms with Crippen molar-refractivity contribution in [1.29, 1.82) is 0 Å². The highest BCUT2D eigenvalue weighted by atomic mass is 32.1. The maximum atomic E-state index is 5.66. The molecule has 30 rings (SSSR count). The number of rotatable bonds is 5. The lowest BCUT2D eigenvalue weighted by molar-refractivity contribution is 0.973. The highest BCUT2D eigenvalue weighted by Crippen LogP contribution is 2.53. The number of thiophene rings is 2. The zero-order chi connectivity index (χ0) is 80.4. The Kier molecular flexibility index (Phi) is 13.4. The van der Waals surface area contributed by atoms with Crippen molar-refractivity contribution in [2.24, 2.45) is 0 Å². The van der Waals surface area contributed by atoms with Gasteiger partial charge in [0.15, 0.2) is 5.82 Å². The lowest BCUT2D eigenvalue weighted by Crippen LogP contribution is -2.07. The van der Waals surface area contributed by atoms with Crippen LogP contribution in [0.2, 0.25) is 0 Å². The molecule has 8 aromatic heterocycles. The second-order valence-electron chi connectivity index (χ2n) is 33.3. The Hall–Kier alpha value is -16.0. The molecular weight excluding hydrogens is 1550 g/mol. The van der Waals surface area contributed by atoms with Crippen LogP contribution in [0.15, 0.2) is 376 Å². The zero-order valence-electron chi connectivity index (χ0n) is 66.2.